The van der Waals surface area contributed by atoms with Crippen molar-refractivity contribution >= 4 is 11.8 Å². The Kier molecular flexibility index (Phi) is 3.52. The molecule has 0 amide bonds. The highest BCUT2D eigenvalue weighted by Crippen LogP contribution is 2.25. The van der Waals surface area contributed by atoms with Crippen molar-refractivity contribution in [2.45, 2.75) is 32.9 Å². The Hall–Kier alpha value is -1.62. The van der Waals surface area contributed by atoms with Crippen LogP contribution < -0.4 is 4.90 Å². The number of rotatable bonds is 2. The second-order valence-electron chi connectivity index (χ2n) is 4.78. The van der Waals surface area contributed by atoms with Crippen molar-refractivity contribution in [3.05, 3.63) is 23.4 Å². The smallest absolute Gasteiger partial charge is 0.339 e. The second-order valence-corrected chi connectivity index (χ2v) is 4.78. The Morgan fingerprint density at radius 3 is 2.94 bits per heavy atom. The number of carboxylic acids is 1. The van der Waals surface area contributed by atoms with Crippen LogP contribution in [0.15, 0.2) is 12.3 Å². The van der Waals surface area contributed by atoms with Crippen molar-refractivity contribution in [3.8, 4) is 0 Å². The number of ether oxygens (including phenoxy) is 1. The van der Waals surface area contributed by atoms with Gasteiger partial charge in [0.25, 0.3) is 0 Å². The van der Waals surface area contributed by atoms with Crippen LogP contribution in [0.1, 0.15) is 29.8 Å². The number of aromatic carboxylic acids is 1. The average molecular weight is 250 g/mol. The molecular formula is C13H18N2O3. The number of carboxylic acid groups (broad SMARTS) is 1. The molecule has 2 rings (SSSR count). The van der Waals surface area contributed by atoms with E-state index in [0.717, 1.165) is 5.56 Å². The molecule has 1 aliphatic rings. The van der Waals surface area contributed by atoms with E-state index in [4.69, 9.17) is 4.74 Å². The molecule has 1 aromatic heterocycles. The summed E-state index contributed by atoms with van der Waals surface area (Å²) in [6, 6.07) is 1.86. The molecule has 2 heterocycles. The van der Waals surface area contributed by atoms with Gasteiger partial charge in [0.1, 0.15) is 11.4 Å². The predicted octanol–water partition coefficient (Wildman–Crippen LogP) is 1.70. The molecule has 5 nitrogen and oxygen atoms in total. The highest BCUT2D eigenvalue weighted by molar-refractivity contribution is 5.95. The predicted molar refractivity (Wildman–Crippen MR) is 68.2 cm³/mol. The highest BCUT2D eigenvalue weighted by Gasteiger charge is 2.28. The van der Waals surface area contributed by atoms with Gasteiger partial charge in [-0.2, -0.15) is 0 Å². The lowest BCUT2D eigenvalue weighted by Gasteiger charge is -2.38. The summed E-state index contributed by atoms with van der Waals surface area (Å²) < 4.78 is 5.56. The fourth-order valence-corrected chi connectivity index (χ4v) is 2.22. The van der Waals surface area contributed by atoms with Crippen LogP contribution in [0.2, 0.25) is 0 Å². The molecule has 5 heteroatoms. The Morgan fingerprint density at radius 2 is 2.28 bits per heavy atom. The van der Waals surface area contributed by atoms with Gasteiger partial charge in [0, 0.05) is 12.7 Å². The summed E-state index contributed by atoms with van der Waals surface area (Å²) >= 11 is 0. The van der Waals surface area contributed by atoms with Crippen molar-refractivity contribution in [1.29, 1.82) is 0 Å². The lowest BCUT2D eigenvalue weighted by atomic mass is 10.1. The summed E-state index contributed by atoms with van der Waals surface area (Å²) in [5.74, 6) is -0.382. The number of anilines is 1. The fourth-order valence-electron chi connectivity index (χ4n) is 2.22. The average Bonchev–Trinajstić information content (AvgIpc) is 2.31. The summed E-state index contributed by atoms with van der Waals surface area (Å²) in [5, 5.41) is 9.33. The van der Waals surface area contributed by atoms with Crippen LogP contribution in [0.5, 0.6) is 0 Å². The van der Waals surface area contributed by atoms with E-state index in [1.807, 2.05) is 18.7 Å². The molecule has 2 unspecified atom stereocenters. The molecule has 1 aliphatic heterocycles. The number of aromatic nitrogens is 1. The Balaban J connectivity index is 2.43. The molecule has 0 radical (unpaired) electrons. The van der Waals surface area contributed by atoms with Crippen molar-refractivity contribution in [3.63, 3.8) is 0 Å². The molecule has 0 aromatic carbocycles. The summed E-state index contributed by atoms with van der Waals surface area (Å²) in [4.78, 5) is 17.7. The zero-order valence-corrected chi connectivity index (χ0v) is 10.9. The number of hydrogen-bond acceptors (Lipinski definition) is 4. The molecule has 1 aromatic rings. The van der Waals surface area contributed by atoms with Gasteiger partial charge in [0.2, 0.25) is 0 Å². The number of hydrogen-bond donors (Lipinski definition) is 1. The van der Waals surface area contributed by atoms with Crippen LogP contribution >= 0.6 is 0 Å². The van der Waals surface area contributed by atoms with Crippen LogP contribution in [0.25, 0.3) is 0 Å². The zero-order valence-electron chi connectivity index (χ0n) is 10.9. The van der Waals surface area contributed by atoms with E-state index in [2.05, 4.69) is 4.98 Å². The standard InChI is InChI=1S/C13H18N2O3/c1-8-4-5-14-12(11(8)13(16)17)15-6-10(3)18-7-9(15)2/h4-5,9-10H,6-7H2,1-3H3,(H,16,17). The topological polar surface area (TPSA) is 62.7 Å². The van der Waals surface area contributed by atoms with E-state index in [9.17, 15) is 9.90 Å². The minimum absolute atomic E-state index is 0.0881. The normalized spacial score (nSPS) is 24.1. The molecule has 18 heavy (non-hydrogen) atoms. The van der Waals surface area contributed by atoms with Gasteiger partial charge in [-0.15, -0.1) is 0 Å². The number of carbonyl (C=O) groups is 1. The third kappa shape index (κ3) is 2.31. The first-order valence-corrected chi connectivity index (χ1v) is 6.08. The minimum atomic E-state index is -0.929. The monoisotopic (exact) mass is 250 g/mol. The number of nitrogens with zero attached hydrogens (tertiary/aromatic N) is 2. The van der Waals surface area contributed by atoms with Gasteiger partial charge in [-0.1, -0.05) is 0 Å². The molecule has 1 fully saturated rings. The van der Waals surface area contributed by atoms with Gasteiger partial charge in [-0.05, 0) is 32.4 Å². The van der Waals surface area contributed by atoms with Crippen LogP contribution in [-0.4, -0.2) is 41.4 Å². The molecule has 0 aliphatic carbocycles. The first kappa shape index (κ1) is 12.8. The minimum Gasteiger partial charge on any atom is -0.478 e. The quantitative estimate of drug-likeness (QED) is 0.865. The summed E-state index contributed by atoms with van der Waals surface area (Å²) in [6.07, 6.45) is 1.74. The summed E-state index contributed by atoms with van der Waals surface area (Å²) in [6.45, 7) is 7.05. The highest BCUT2D eigenvalue weighted by atomic mass is 16.5. The van der Waals surface area contributed by atoms with Crippen molar-refractivity contribution in [1.82, 2.24) is 4.98 Å². The van der Waals surface area contributed by atoms with E-state index in [1.54, 1.807) is 19.2 Å². The Labute approximate surface area is 106 Å². The third-order valence-corrected chi connectivity index (χ3v) is 3.23. The van der Waals surface area contributed by atoms with Crippen LogP contribution in [0.4, 0.5) is 5.82 Å². The molecule has 1 saturated heterocycles. The van der Waals surface area contributed by atoms with E-state index in [1.165, 1.54) is 0 Å². The number of pyridine rings is 1. The fraction of sp³-hybridized carbons (Fsp3) is 0.538. The molecule has 0 bridgehead atoms. The third-order valence-electron chi connectivity index (χ3n) is 3.23. The number of morpholine rings is 1. The van der Waals surface area contributed by atoms with Crippen LogP contribution in [0.3, 0.4) is 0 Å². The molecule has 2 atom stereocenters. The van der Waals surface area contributed by atoms with Crippen LogP contribution in [0, 0.1) is 6.92 Å². The summed E-state index contributed by atoms with van der Waals surface area (Å²) in [5.41, 5.74) is 1.03. The number of aryl methyl sites for hydroxylation is 1. The SMILES string of the molecule is Cc1ccnc(N2CC(C)OCC2C)c1C(=O)O. The Bertz CT molecular complexity index is 462. The largest absolute Gasteiger partial charge is 0.478 e. The van der Waals surface area contributed by atoms with Gasteiger partial charge in [0.15, 0.2) is 0 Å². The van der Waals surface area contributed by atoms with E-state index < -0.39 is 5.97 Å². The van der Waals surface area contributed by atoms with E-state index in [0.29, 0.717) is 24.5 Å². The van der Waals surface area contributed by atoms with E-state index in [-0.39, 0.29) is 12.1 Å². The Morgan fingerprint density at radius 1 is 1.56 bits per heavy atom. The first-order chi connectivity index (χ1) is 8.50. The van der Waals surface area contributed by atoms with Gasteiger partial charge in [-0.3, -0.25) is 0 Å². The van der Waals surface area contributed by atoms with Crippen LogP contribution in [-0.2, 0) is 4.74 Å². The van der Waals surface area contributed by atoms with Gasteiger partial charge in [0.05, 0.1) is 18.8 Å². The maximum atomic E-state index is 11.4. The maximum Gasteiger partial charge on any atom is 0.339 e. The zero-order chi connectivity index (χ0) is 13.3. The van der Waals surface area contributed by atoms with Crippen molar-refractivity contribution in [2.24, 2.45) is 0 Å². The molecular weight excluding hydrogens is 232 g/mol. The van der Waals surface area contributed by atoms with Gasteiger partial charge in [-0.25, -0.2) is 9.78 Å². The lowest BCUT2D eigenvalue weighted by molar-refractivity contribution is 0.0338. The second kappa shape index (κ2) is 4.94. The molecule has 0 spiro atoms. The van der Waals surface area contributed by atoms with Crippen molar-refractivity contribution in [2.75, 3.05) is 18.1 Å². The first-order valence-electron chi connectivity index (χ1n) is 6.08. The lowest BCUT2D eigenvalue weighted by Crippen LogP contribution is -2.48. The van der Waals surface area contributed by atoms with Gasteiger partial charge >= 0.3 is 5.97 Å². The van der Waals surface area contributed by atoms with Crippen molar-refractivity contribution < 1.29 is 14.6 Å². The molecule has 98 valence electrons. The summed E-state index contributed by atoms with van der Waals surface area (Å²) in [7, 11) is 0. The van der Waals surface area contributed by atoms with E-state index >= 15 is 0 Å². The maximum absolute atomic E-state index is 11.4. The molecule has 1 N–H and O–H groups in total. The van der Waals surface area contributed by atoms with Gasteiger partial charge < -0.3 is 14.7 Å². The molecule has 0 saturated carbocycles.